The van der Waals surface area contributed by atoms with Crippen LogP contribution in [0.3, 0.4) is 0 Å². The van der Waals surface area contributed by atoms with Gasteiger partial charge in [0.05, 0.1) is 6.04 Å². The van der Waals surface area contributed by atoms with Gasteiger partial charge in [-0.05, 0) is 63.4 Å². The summed E-state index contributed by atoms with van der Waals surface area (Å²) in [6, 6.07) is 9.95. The van der Waals surface area contributed by atoms with Crippen LogP contribution in [0.5, 0.6) is 11.5 Å². The van der Waals surface area contributed by atoms with Crippen LogP contribution in [0.2, 0.25) is 0 Å². The fourth-order valence-corrected chi connectivity index (χ4v) is 5.49. The number of aryl methyl sites for hydroxylation is 2. The Balaban J connectivity index is 1.17. The minimum Gasteiger partial charge on any atom is -0.486 e. The number of anilines is 1. The SMILES string of the molecule is Cc1ccc(C)n1-c1nnc(N2CCC(C(=O)NC(C)c3ccc4c(c3)OCCO4)CC2)s1. The molecular weight excluding hydrogens is 438 g/mol. The molecule has 0 aliphatic carbocycles. The molecule has 1 fully saturated rings. The molecule has 1 N–H and O–H groups in total. The zero-order chi connectivity index (χ0) is 22.9. The molecule has 1 saturated heterocycles. The summed E-state index contributed by atoms with van der Waals surface area (Å²) in [5.41, 5.74) is 3.32. The van der Waals surface area contributed by atoms with Crippen LogP contribution >= 0.6 is 11.3 Å². The summed E-state index contributed by atoms with van der Waals surface area (Å²) in [6.45, 7) is 8.88. The maximum Gasteiger partial charge on any atom is 0.223 e. The van der Waals surface area contributed by atoms with Crippen LogP contribution in [0.15, 0.2) is 30.3 Å². The normalized spacial score (nSPS) is 17.1. The molecule has 2 aromatic heterocycles. The highest BCUT2D eigenvalue weighted by Gasteiger charge is 2.28. The highest BCUT2D eigenvalue weighted by atomic mass is 32.1. The number of hydrogen-bond acceptors (Lipinski definition) is 7. The van der Waals surface area contributed by atoms with Crippen LogP contribution in [0.25, 0.3) is 5.13 Å². The van der Waals surface area contributed by atoms with Gasteiger partial charge < -0.3 is 19.7 Å². The average Bonchev–Trinajstić information content (AvgIpc) is 3.44. The molecule has 3 aromatic rings. The van der Waals surface area contributed by atoms with E-state index in [1.54, 1.807) is 11.3 Å². The summed E-state index contributed by atoms with van der Waals surface area (Å²) in [7, 11) is 0. The van der Waals surface area contributed by atoms with Gasteiger partial charge in [-0.15, -0.1) is 10.2 Å². The lowest BCUT2D eigenvalue weighted by atomic mass is 9.95. The Kier molecular flexibility index (Phi) is 5.97. The number of benzene rings is 1. The Morgan fingerprint density at radius 3 is 2.42 bits per heavy atom. The molecule has 4 heterocycles. The second-order valence-corrected chi connectivity index (χ2v) is 9.65. The lowest BCUT2D eigenvalue weighted by molar-refractivity contribution is -0.126. The van der Waals surface area contributed by atoms with Crippen molar-refractivity contribution < 1.29 is 14.3 Å². The topological polar surface area (TPSA) is 81.5 Å². The molecule has 0 radical (unpaired) electrons. The summed E-state index contributed by atoms with van der Waals surface area (Å²) in [4.78, 5) is 15.2. The summed E-state index contributed by atoms with van der Waals surface area (Å²) in [5.74, 6) is 1.61. The summed E-state index contributed by atoms with van der Waals surface area (Å²) in [5, 5.41) is 13.8. The molecule has 9 heteroatoms. The van der Waals surface area contributed by atoms with Crippen molar-refractivity contribution in [3.63, 3.8) is 0 Å². The molecule has 0 bridgehead atoms. The van der Waals surface area contributed by atoms with Gasteiger partial charge in [-0.2, -0.15) is 0 Å². The molecule has 8 nitrogen and oxygen atoms in total. The molecule has 1 unspecified atom stereocenters. The number of nitrogens with zero attached hydrogens (tertiary/aromatic N) is 4. The quantitative estimate of drug-likeness (QED) is 0.615. The number of nitrogens with one attached hydrogen (secondary N) is 1. The Morgan fingerprint density at radius 2 is 1.70 bits per heavy atom. The molecule has 2 aliphatic heterocycles. The molecule has 0 saturated carbocycles. The minimum absolute atomic E-state index is 0.00207. The van der Waals surface area contributed by atoms with E-state index >= 15 is 0 Å². The summed E-state index contributed by atoms with van der Waals surface area (Å²) >= 11 is 1.60. The number of hydrogen-bond donors (Lipinski definition) is 1. The van der Waals surface area contributed by atoms with E-state index in [1.807, 2.05) is 25.1 Å². The minimum atomic E-state index is -0.0925. The molecule has 2 aliphatic rings. The second kappa shape index (κ2) is 9.05. The van der Waals surface area contributed by atoms with Crippen LogP contribution in [0.4, 0.5) is 5.13 Å². The number of rotatable bonds is 5. The number of fused-ring (bicyclic) bond motifs is 1. The molecule has 0 spiro atoms. The van der Waals surface area contributed by atoms with Crippen molar-refractivity contribution in [3.05, 3.63) is 47.3 Å². The van der Waals surface area contributed by atoms with Crippen molar-refractivity contribution in [1.82, 2.24) is 20.1 Å². The van der Waals surface area contributed by atoms with Gasteiger partial charge >= 0.3 is 0 Å². The maximum absolute atomic E-state index is 12.9. The van der Waals surface area contributed by atoms with Gasteiger partial charge in [0.1, 0.15) is 13.2 Å². The molecule has 5 rings (SSSR count). The van der Waals surface area contributed by atoms with Gasteiger partial charge in [-0.3, -0.25) is 9.36 Å². The average molecular weight is 468 g/mol. The first kappa shape index (κ1) is 21.8. The van der Waals surface area contributed by atoms with Crippen molar-refractivity contribution in [2.24, 2.45) is 5.92 Å². The van der Waals surface area contributed by atoms with Gasteiger partial charge in [0.25, 0.3) is 0 Å². The Labute approximate surface area is 197 Å². The monoisotopic (exact) mass is 467 g/mol. The molecule has 1 atom stereocenters. The van der Waals surface area contributed by atoms with Crippen LogP contribution in [-0.2, 0) is 4.79 Å². The van der Waals surface area contributed by atoms with E-state index in [0.717, 1.165) is 64.6 Å². The smallest absolute Gasteiger partial charge is 0.223 e. The van der Waals surface area contributed by atoms with Gasteiger partial charge in [-0.25, -0.2) is 0 Å². The predicted octanol–water partition coefficient (Wildman–Crippen LogP) is 3.81. The van der Waals surface area contributed by atoms with E-state index in [0.29, 0.717) is 13.2 Å². The third kappa shape index (κ3) is 4.42. The Bertz CT molecular complexity index is 1130. The number of ether oxygens (including phenoxy) is 2. The van der Waals surface area contributed by atoms with Crippen molar-refractivity contribution in [3.8, 4) is 16.6 Å². The van der Waals surface area contributed by atoms with Gasteiger partial charge in [0.2, 0.25) is 16.2 Å². The number of piperidine rings is 1. The van der Waals surface area contributed by atoms with E-state index in [-0.39, 0.29) is 17.9 Å². The van der Waals surface area contributed by atoms with Crippen molar-refractivity contribution >= 4 is 22.4 Å². The van der Waals surface area contributed by atoms with E-state index in [9.17, 15) is 4.79 Å². The third-order valence-corrected chi connectivity index (χ3v) is 7.40. The molecule has 174 valence electrons. The predicted molar refractivity (Wildman–Crippen MR) is 128 cm³/mol. The van der Waals surface area contributed by atoms with E-state index in [1.165, 1.54) is 0 Å². The first-order chi connectivity index (χ1) is 16.0. The lowest BCUT2D eigenvalue weighted by Gasteiger charge is -2.31. The van der Waals surface area contributed by atoms with E-state index < -0.39 is 0 Å². The number of carbonyl (C=O) groups is 1. The number of carbonyl (C=O) groups excluding carboxylic acids is 1. The zero-order valence-electron chi connectivity index (χ0n) is 19.2. The third-order valence-electron chi connectivity index (χ3n) is 6.43. The van der Waals surface area contributed by atoms with Crippen LogP contribution in [0.1, 0.15) is 42.8 Å². The molecule has 33 heavy (non-hydrogen) atoms. The van der Waals surface area contributed by atoms with Crippen LogP contribution in [0, 0.1) is 19.8 Å². The molecule has 1 aromatic carbocycles. The fourth-order valence-electron chi connectivity index (χ4n) is 4.47. The van der Waals surface area contributed by atoms with Crippen molar-refractivity contribution in [1.29, 1.82) is 0 Å². The Morgan fingerprint density at radius 1 is 1.03 bits per heavy atom. The van der Waals surface area contributed by atoms with Crippen molar-refractivity contribution in [2.75, 3.05) is 31.2 Å². The zero-order valence-corrected chi connectivity index (χ0v) is 20.0. The highest BCUT2D eigenvalue weighted by Crippen LogP contribution is 2.33. The van der Waals surface area contributed by atoms with Crippen molar-refractivity contribution in [2.45, 2.75) is 39.7 Å². The van der Waals surface area contributed by atoms with E-state index in [4.69, 9.17) is 9.47 Å². The lowest BCUT2D eigenvalue weighted by Crippen LogP contribution is -2.41. The van der Waals surface area contributed by atoms with Gasteiger partial charge in [-0.1, -0.05) is 17.4 Å². The highest BCUT2D eigenvalue weighted by molar-refractivity contribution is 7.17. The van der Waals surface area contributed by atoms with Crippen LogP contribution in [-0.4, -0.2) is 47.0 Å². The largest absolute Gasteiger partial charge is 0.486 e. The summed E-state index contributed by atoms with van der Waals surface area (Å²) < 4.78 is 13.4. The van der Waals surface area contributed by atoms with Gasteiger partial charge in [0.15, 0.2) is 11.5 Å². The second-order valence-electron chi connectivity index (χ2n) is 8.71. The number of aromatic nitrogens is 3. The molecular formula is C24H29N5O3S. The Hall–Kier alpha value is -3.07. The fraction of sp³-hybridized carbons (Fsp3) is 0.458. The van der Waals surface area contributed by atoms with Gasteiger partial charge in [0, 0.05) is 30.4 Å². The molecule has 1 amide bonds. The van der Waals surface area contributed by atoms with Crippen LogP contribution < -0.4 is 19.7 Å². The summed E-state index contributed by atoms with van der Waals surface area (Å²) in [6.07, 6.45) is 1.60. The first-order valence-corrected chi connectivity index (χ1v) is 12.2. The van der Waals surface area contributed by atoms with E-state index in [2.05, 4.69) is 51.0 Å². The maximum atomic E-state index is 12.9. The number of amides is 1. The standard InChI is InChI=1S/C24H29N5O3S/c1-15-4-5-16(2)29(15)24-27-26-23(33-24)28-10-8-18(9-11-28)22(30)25-17(3)19-6-7-20-21(14-19)32-13-12-31-20/h4-7,14,17-18H,8-13H2,1-3H3,(H,25,30). The first-order valence-electron chi connectivity index (χ1n) is 11.4.